The Balaban J connectivity index is 2.90. The molecule has 0 aliphatic rings. The van der Waals surface area contributed by atoms with Crippen LogP contribution in [0.25, 0.3) is 11.1 Å². The van der Waals surface area contributed by atoms with Crippen molar-refractivity contribution in [1.29, 1.82) is 10.5 Å². The number of halogens is 1. The van der Waals surface area contributed by atoms with E-state index in [1.807, 2.05) is 24.3 Å². The van der Waals surface area contributed by atoms with Gasteiger partial charge in [0.25, 0.3) is 5.82 Å². The molecule has 0 saturated heterocycles. The number of nitrogens with one attached hydrogen (secondary N) is 1. The molecule has 3 N–H and O–H groups in total. The molecular formula is C14H10BrN4O+. The summed E-state index contributed by atoms with van der Waals surface area (Å²) in [5.41, 5.74) is 7.47. The molecule has 0 bridgehead atoms. The van der Waals surface area contributed by atoms with Gasteiger partial charge in [-0.05, 0) is 17.7 Å². The van der Waals surface area contributed by atoms with E-state index in [2.05, 4.69) is 27.0 Å². The number of methoxy groups -OCH3 is 1. The minimum absolute atomic E-state index is 0.165. The van der Waals surface area contributed by atoms with Gasteiger partial charge in [-0.15, -0.1) is 0 Å². The van der Waals surface area contributed by atoms with E-state index in [1.54, 1.807) is 6.07 Å². The van der Waals surface area contributed by atoms with Crippen LogP contribution in [0, 0.1) is 22.7 Å². The Morgan fingerprint density at radius 3 is 2.50 bits per heavy atom. The van der Waals surface area contributed by atoms with E-state index in [1.165, 1.54) is 7.11 Å². The monoisotopic (exact) mass is 329 g/mol. The predicted molar refractivity (Wildman–Crippen MR) is 76.5 cm³/mol. The van der Waals surface area contributed by atoms with E-state index >= 15 is 0 Å². The van der Waals surface area contributed by atoms with Gasteiger partial charge in [0, 0.05) is 10.0 Å². The second kappa shape index (κ2) is 5.60. The summed E-state index contributed by atoms with van der Waals surface area (Å²) >= 11 is 3.37. The Hall–Kier alpha value is -2.57. The van der Waals surface area contributed by atoms with E-state index in [9.17, 15) is 10.5 Å². The number of hydrogen-bond acceptors (Lipinski definition) is 4. The fourth-order valence-electron chi connectivity index (χ4n) is 1.93. The largest absolute Gasteiger partial charge is 0.465 e. The van der Waals surface area contributed by atoms with Crippen molar-refractivity contribution in [2.24, 2.45) is 0 Å². The second-order valence-electron chi connectivity index (χ2n) is 3.93. The Bertz CT molecular complexity index is 759. The molecule has 6 heteroatoms. The third kappa shape index (κ3) is 2.29. The average Bonchev–Trinajstić information content (AvgIpc) is 2.45. The van der Waals surface area contributed by atoms with Gasteiger partial charge in [0.2, 0.25) is 0 Å². The van der Waals surface area contributed by atoms with Crippen molar-refractivity contribution in [2.75, 3.05) is 12.8 Å². The average molecular weight is 330 g/mol. The van der Waals surface area contributed by atoms with E-state index in [0.29, 0.717) is 11.1 Å². The highest BCUT2D eigenvalue weighted by atomic mass is 79.9. The molecular weight excluding hydrogens is 320 g/mol. The fraction of sp³-hybridized carbons (Fsp3) is 0.0714. The van der Waals surface area contributed by atoms with E-state index in [4.69, 9.17) is 10.5 Å². The highest BCUT2D eigenvalue weighted by molar-refractivity contribution is 9.10. The molecule has 2 aromatic rings. The highest BCUT2D eigenvalue weighted by Crippen LogP contribution is 2.33. The minimum atomic E-state index is 0.165. The molecule has 1 aromatic carbocycles. The van der Waals surface area contributed by atoms with Gasteiger partial charge in [-0.2, -0.15) is 10.5 Å². The van der Waals surface area contributed by atoms with Gasteiger partial charge in [-0.3, -0.25) is 5.73 Å². The zero-order valence-corrected chi connectivity index (χ0v) is 12.2. The molecule has 1 aromatic heterocycles. The number of nitriles is 2. The lowest BCUT2D eigenvalue weighted by Crippen LogP contribution is -2.18. The first-order chi connectivity index (χ1) is 9.62. The summed E-state index contributed by atoms with van der Waals surface area (Å²) in [6, 6.07) is 11.4. The lowest BCUT2D eigenvalue weighted by Gasteiger charge is -2.09. The molecule has 0 fully saturated rings. The van der Waals surface area contributed by atoms with E-state index < -0.39 is 0 Å². The number of anilines is 1. The van der Waals surface area contributed by atoms with Crippen molar-refractivity contribution in [3.63, 3.8) is 0 Å². The van der Waals surface area contributed by atoms with E-state index in [0.717, 1.165) is 4.47 Å². The van der Waals surface area contributed by atoms with Crippen molar-refractivity contribution in [1.82, 2.24) is 0 Å². The summed E-state index contributed by atoms with van der Waals surface area (Å²) in [7, 11) is 1.43. The van der Waals surface area contributed by atoms with E-state index in [-0.39, 0.29) is 22.8 Å². The zero-order valence-electron chi connectivity index (χ0n) is 10.6. The minimum Gasteiger partial charge on any atom is -0.465 e. The summed E-state index contributed by atoms with van der Waals surface area (Å²) in [6.45, 7) is 0. The Kier molecular flexibility index (Phi) is 3.88. The number of nitrogen functional groups attached to an aromatic ring is 1. The van der Waals surface area contributed by atoms with Crippen molar-refractivity contribution in [3.05, 3.63) is 39.9 Å². The van der Waals surface area contributed by atoms with Crippen molar-refractivity contribution >= 4 is 21.7 Å². The summed E-state index contributed by atoms with van der Waals surface area (Å²) in [6.07, 6.45) is 0. The Morgan fingerprint density at radius 1 is 1.25 bits per heavy atom. The molecule has 2 rings (SSSR count). The van der Waals surface area contributed by atoms with Crippen LogP contribution in [-0.2, 0) is 0 Å². The molecule has 0 unspecified atom stereocenters. The molecule has 0 radical (unpaired) electrons. The highest BCUT2D eigenvalue weighted by Gasteiger charge is 2.24. The Labute approximate surface area is 124 Å². The second-order valence-corrected chi connectivity index (χ2v) is 4.85. The molecule has 0 amide bonds. The molecule has 0 atom stereocenters. The lowest BCUT2D eigenvalue weighted by atomic mass is 9.96. The maximum atomic E-state index is 9.36. The number of pyridine rings is 1. The molecule has 1 heterocycles. The van der Waals surface area contributed by atoms with Gasteiger partial charge in [0.1, 0.15) is 17.7 Å². The van der Waals surface area contributed by atoms with Crippen molar-refractivity contribution < 1.29 is 9.72 Å². The first-order valence-corrected chi connectivity index (χ1v) is 6.40. The number of ether oxygens (including phenoxy) is 1. The third-order valence-electron chi connectivity index (χ3n) is 2.79. The summed E-state index contributed by atoms with van der Waals surface area (Å²) < 4.78 is 5.97. The molecule has 20 heavy (non-hydrogen) atoms. The smallest absolute Gasteiger partial charge is 0.300 e. The van der Waals surface area contributed by atoms with Crippen LogP contribution in [-0.4, -0.2) is 7.11 Å². The normalized spacial score (nSPS) is 9.60. The van der Waals surface area contributed by atoms with Gasteiger partial charge in [0.15, 0.2) is 5.56 Å². The first kappa shape index (κ1) is 13.9. The molecule has 0 aliphatic heterocycles. The van der Waals surface area contributed by atoms with Gasteiger partial charge in [0.05, 0.1) is 7.11 Å². The van der Waals surface area contributed by atoms with Crippen LogP contribution >= 0.6 is 15.9 Å². The van der Waals surface area contributed by atoms with Crippen molar-refractivity contribution in [2.45, 2.75) is 0 Å². The van der Waals surface area contributed by atoms with Crippen LogP contribution in [0.1, 0.15) is 11.1 Å². The summed E-state index contributed by atoms with van der Waals surface area (Å²) in [5, 5.41) is 18.7. The third-order valence-corrected chi connectivity index (χ3v) is 3.28. The molecule has 5 nitrogen and oxygen atoms in total. The predicted octanol–water partition coefficient (Wildman–Crippen LogP) is 2.26. The molecule has 0 spiro atoms. The number of aromatic amines is 1. The number of hydrogen-bond donors (Lipinski definition) is 1. The van der Waals surface area contributed by atoms with Gasteiger partial charge >= 0.3 is 5.88 Å². The maximum Gasteiger partial charge on any atom is 0.300 e. The zero-order chi connectivity index (χ0) is 14.7. The quantitative estimate of drug-likeness (QED) is 0.913. The first-order valence-electron chi connectivity index (χ1n) is 5.61. The Morgan fingerprint density at radius 2 is 1.95 bits per heavy atom. The molecule has 0 saturated carbocycles. The summed E-state index contributed by atoms with van der Waals surface area (Å²) in [4.78, 5) is 2.72. The van der Waals surface area contributed by atoms with Crippen LogP contribution in [0.2, 0.25) is 0 Å². The molecule has 0 aliphatic carbocycles. The van der Waals surface area contributed by atoms with Gasteiger partial charge in [-0.25, -0.2) is 4.98 Å². The topological polar surface area (TPSA) is 97.0 Å². The van der Waals surface area contributed by atoms with Gasteiger partial charge < -0.3 is 4.74 Å². The van der Waals surface area contributed by atoms with Crippen LogP contribution in [0.5, 0.6) is 5.88 Å². The number of rotatable bonds is 2. The molecule has 98 valence electrons. The number of benzene rings is 1. The van der Waals surface area contributed by atoms with Crippen LogP contribution < -0.4 is 15.5 Å². The van der Waals surface area contributed by atoms with Crippen LogP contribution in [0.15, 0.2) is 28.7 Å². The number of aromatic nitrogens is 1. The number of nitrogens with zero attached hydrogens (tertiary/aromatic N) is 2. The standard InChI is InChI=1S/C14H9BrN4O/c1-20-14-11(7-17)12(10(6-16)13(18)19-14)8-3-2-4-9(15)5-8/h2-5H,1H3,(H2,18,19)/p+1. The number of nitrogens with two attached hydrogens (primary N) is 1. The van der Waals surface area contributed by atoms with Crippen molar-refractivity contribution in [3.8, 4) is 29.1 Å². The summed E-state index contributed by atoms with van der Waals surface area (Å²) in [5.74, 6) is 0.400. The van der Waals surface area contributed by atoms with Crippen LogP contribution in [0.4, 0.5) is 5.82 Å². The number of H-pyrrole nitrogens is 1. The van der Waals surface area contributed by atoms with Crippen LogP contribution in [0.3, 0.4) is 0 Å². The van der Waals surface area contributed by atoms with Gasteiger partial charge in [-0.1, -0.05) is 28.1 Å². The maximum absolute atomic E-state index is 9.36. The SMILES string of the molecule is COc1[nH+]c(N)c(C#N)c(-c2cccc(Br)c2)c1C#N. The lowest BCUT2D eigenvalue weighted by molar-refractivity contribution is -0.376. The fourth-order valence-corrected chi connectivity index (χ4v) is 2.33.